The Hall–Kier alpha value is -0.520. The summed E-state index contributed by atoms with van der Waals surface area (Å²) in [6.07, 6.45) is 8.00. The van der Waals surface area contributed by atoms with Gasteiger partial charge in [0.2, 0.25) is 0 Å². The van der Waals surface area contributed by atoms with Crippen molar-refractivity contribution in [2.75, 3.05) is 0 Å². The topological polar surface area (TPSA) is 0 Å². The van der Waals surface area contributed by atoms with E-state index in [2.05, 4.69) is 59.8 Å². The molecule has 0 N–H and O–H groups in total. The minimum Gasteiger partial charge on any atom is -0.342 e. The van der Waals surface area contributed by atoms with Gasteiger partial charge in [-0.3, -0.25) is 0 Å². The van der Waals surface area contributed by atoms with Gasteiger partial charge in [0, 0.05) is 0 Å². The van der Waals surface area contributed by atoms with Crippen LogP contribution >= 0.6 is 0 Å². The first-order valence-electron chi connectivity index (χ1n) is 5.50. The first-order valence-corrected chi connectivity index (χ1v) is 5.50. The third-order valence-electron chi connectivity index (χ3n) is 3.49. The summed E-state index contributed by atoms with van der Waals surface area (Å²) < 4.78 is 0. The number of allylic oxidation sites excluding steroid dienone is 4. The van der Waals surface area contributed by atoms with Crippen LogP contribution in [-0.2, 0) is 0 Å². The summed E-state index contributed by atoms with van der Waals surface area (Å²) in [5.74, 6) is 0.603. The standard InChI is InChI=1S/C14H23/c1-7-14(6)10-12(13(3,4)5)9-8-11(14)2/h8-11H,1,7H2,2-6H3/q-1. The van der Waals surface area contributed by atoms with Gasteiger partial charge in [0.05, 0.1) is 0 Å². The largest absolute Gasteiger partial charge is 0.342 e. The van der Waals surface area contributed by atoms with Crippen LogP contribution in [0.1, 0.15) is 41.0 Å². The fourth-order valence-corrected chi connectivity index (χ4v) is 1.77. The minimum atomic E-state index is 0.247. The Balaban J connectivity index is 3.03. The van der Waals surface area contributed by atoms with Crippen LogP contribution in [0.2, 0.25) is 0 Å². The molecule has 1 rings (SSSR count). The molecule has 0 bridgehead atoms. The van der Waals surface area contributed by atoms with E-state index in [-0.39, 0.29) is 10.8 Å². The monoisotopic (exact) mass is 191 g/mol. The van der Waals surface area contributed by atoms with Gasteiger partial charge in [-0.25, -0.2) is 0 Å². The van der Waals surface area contributed by atoms with Crippen molar-refractivity contribution < 1.29 is 0 Å². The first kappa shape index (κ1) is 11.6. The van der Waals surface area contributed by atoms with Gasteiger partial charge in [0.1, 0.15) is 0 Å². The molecule has 1 aliphatic carbocycles. The van der Waals surface area contributed by atoms with Gasteiger partial charge < -0.3 is 6.92 Å². The molecule has 0 aromatic heterocycles. The lowest BCUT2D eigenvalue weighted by Gasteiger charge is -2.39. The maximum absolute atomic E-state index is 4.07. The zero-order chi connectivity index (χ0) is 11.0. The molecule has 0 radical (unpaired) electrons. The van der Waals surface area contributed by atoms with E-state index in [0.29, 0.717) is 5.92 Å². The fraction of sp³-hybridized carbons (Fsp3) is 0.643. The molecular formula is C14H23-. The average molecular weight is 191 g/mol. The van der Waals surface area contributed by atoms with Crippen LogP contribution in [-0.4, -0.2) is 0 Å². The summed E-state index contributed by atoms with van der Waals surface area (Å²) in [5.41, 5.74) is 1.95. The Morgan fingerprint density at radius 1 is 1.43 bits per heavy atom. The van der Waals surface area contributed by atoms with E-state index in [0.717, 1.165) is 6.42 Å². The summed E-state index contributed by atoms with van der Waals surface area (Å²) in [7, 11) is 0. The van der Waals surface area contributed by atoms with Crippen LogP contribution in [0.25, 0.3) is 0 Å². The maximum atomic E-state index is 4.07. The highest BCUT2D eigenvalue weighted by molar-refractivity contribution is 5.32. The van der Waals surface area contributed by atoms with Crippen molar-refractivity contribution in [3.63, 3.8) is 0 Å². The lowest BCUT2D eigenvalue weighted by Crippen LogP contribution is -2.26. The highest BCUT2D eigenvalue weighted by Crippen LogP contribution is 2.42. The summed E-state index contributed by atoms with van der Waals surface area (Å²) in [4.78, 5) is 0. The first-order chi connectivity index (χ1) is 6.29. The van der Waals surface area contributed by atoms with E-state index in [9.17, 15) is 0 Å². The molecule has 2 unspecified atom stereocenters. The van der Waals surface area contributed by atoms with Gasteiger partial charge >= 0.3 is 0 Å². The zero-order valence-electron chi connectivity index (χ0n) is 10.2. The summed E-state index contributed by atoms with van der Waals surface area (Å²) in [5, 5.41) is 0. The summed E-state index contributed by atoms with van der Waals surface area (Å²) in [6, 6.07) is 0. The zero-order valence-corrected chi connectivity index (χ0v) is 10.2. The van der Waals surface area contributed by atoms with E-state index < -0.39 is 0 Å². The third-order valence-corrected chi connectivity index (χ3v) is 3.49. The van der Waals surface area contributed by atoms with Crippen molar-refractivity contribution in [1.29, 1.82) is 0 Å². The Kier molecular flexibility index (Phi) is 2.94. The highest BCUT2D eigenvalue weighted by atomic mass is 14.3. The molecule has 0 heteroatoms. The van der Waals surface area contributed by atoms with E-state index in [1.165, 1.54) is 5.57 Å². The van der Waals surface area contributed by atoms with Crippen LogP contribution in [0.15, 0.2) is 23.8 Å². The van der Waals surface area contributed by atoms with E-state index in [4.69, 9.17) is 0 Å². The Morgan fingerprint density at radius 2 is 2.00 bits per heavy atom. The van der Waals surface area contributed by atoms with Crippen LogP contribution in [0.4, 0.5) is 0 Å². The molecule has 0 heterocycles. The van der Waals surface area contributed by atoms with E-state index in [1.54, 1.807) is 0 Å². The lowest BCUT2D eigenvalue weighted by atomic mass is 9.68. The molecule has 0 aromatic rings. The maximum Gasteiger partial charge on any atom is -0.0135 e. The number of rotatable bonds is 1. The SMILES string of the molecule is [CH2-]CC1(C)C=C(C(C)(C)C)C=CC1C. The van der Waals surface area contributed by atoms with Crippen molar-refractivity contribution in [2.24, 2.45) is 16.7 Å². The Bertz CT molecular complexity index is 262. The quantitative estimate of drug-likeness (QED) is 0.539. The molecule has 0 saturated heterocycles. The normalized spacial score (nSPS) is 33.0. The van der Waals surface area contributed by atoms with Crippen LogP contribution in [0, 0.1) is 23.7 Å². The molecule has 2 atom stereocenters. The molecule has 0 amide bonds. The summed E-state index contributed by atoms with van der Waals surface area (Å²) in [6.45, 7) is 15.5. The third kappa shape index (κ3) is 2.10. The molecular weight excluding hydrogens is 168 g/mol. The van der Waals surface area contributed by atoms with Gasteiger partial charge in [-0.1, -0.05) is 52.8 Å². The van der Waals surface area contributed by atoms with E-state index >= 15 is 0 Å². The molecule has 0 nitrogen and oxygen atoms in total. The van der Waals surface area contributed by atoms with Crippen molar-refractivity contribution in [3.8, 4) is 0 Å². The molecule has 80 valence electrons. The fourth-order valence-electron chi connectivity index (χ4n) is 1.77. The van der Waals surface area contributed by atoms with Crippen LogP contribution in [0.5, 0.6) is 0 Å². The Morgan fingerprint density at radius 3 is 2.43 bits per heavy atom. The van der Waals surface area contributed by atoms with Crippen molar-refractivity contribution >= 4 is 0 Å². The van der Waals surface area contributed by atoms with Gasteiger partial charge in [-0.15, -0.1) is 0 Å². The second-order valence-electron chi connectivity index (χ2n) is 5.75. The van der Waals surface area contributed by atoms with Crippen LogP contribution < -0.4 is 0 Å². The molecule has 0 aromatic carbocycles. The molecule has 14 heavy (non-hydrogen) atoms. The number of hydrogen-bond donors (Lipinski definition) is 0. The molecule has 0 fully saturated rings. The predicted octanol–water partition coefficient (Wildman–Crippen LogP) is 4.40. The Labute approximate surface area is 89.1 Å². The van der Waals surface area contributed by atoms with Gasteiger partial charge in [0.15, 0.2) is 0 Å². The average Bonchev–Trinajstić information content (AvgIpc) is 2.08. The molecule has 0 aliphatic heterocycles. The highest BCUT2D eigenvalue weighted by Gasteiger charge is 2.28. The molecule has 1 aliphatic rings. The van der Waals surface area contributed by atoms with Crippen molar-refractivity contribution in [2.45, 2.75) is 41.0 Å². The van der Waals surface area contributed by atoms with Crippen LogP contribution in [0.3, 0.4) is 0 Å². The second-order valence-corrected chi connectivity index (χ2v) is 5.75. The smallest absolute Gasteiger partial charge is 0.0135 e. The van der Waals surface area contributed by atoms with Crippen molar-refractivity contribution in [1.82, 2.24) is 0 Å². The second kappa shape index (κ2) is 3.56. The minimum absolute atomic E-state index is 0.247. The predicted molar refractivity (Wildman–Crippen MR) is 63.9 cm³/mol. The van der Waals surface area contributed by atoms with Gasteiger partial charge in [-0.05, 0) is 22.3 Å². The summed E-state index contributed by atoms with van der Waals surface area (Å²) >= 11 is 0. The van der Waals surface area contributed by atoms with Crippen molar-refractivity contribution in [3.05, 3.63) is 30.7 Å². The lowest BCUT2D eigenvalue weighted by molar-refractivity contribution is 0.317. The van der Waals surface area contributed by atoms with Gasteiger partial charge in [-0.2, -0.15) is 6.42 Å². The van der Waals surface area contributed by atoms with Gasteiger partial charge in [0.25, 0.3) is 0 Å². The molecule has 0 saturated carbocycles. The number of hydrogen-bond acceptors (Lipinski definition) is 0. The molecule has 0 spiro atoms. The van der Waals surface area contributed by atoms with E-state index in [1.807, 2.05) is 0 Å².